The average Bonchev–Trinajstić information content (AvgIpc) is 3.40. The molecule has 9 heteroatoms. The van der Waals surface area contributed by atoms with E-state index in [2.05, 4.69) is 42.9 Å². The van der Waals surface area contributed by atoms with Crippen LogP contribution in [0.4, 0.5) is 0 Å². The maximum atomic E-state index is 13.3. The van der Waals surface area contributed by atoms with Gasteiger partial charge in [0, 0.05) is 23.7 Å². The van der Waals surface area contributed by atoms with Crippen LogP contribution in [0.15, 0.2) is 35.6 Å². The Labute approximate surface area is 195 Å². The Morgan fingerprint density at radius 2 is 2.03 bits per heavy atom. The zero-order chi connectivity index (χ0) is 22.8. The highest BCUT2D eigenvalue weighted by atomic mass is 35.5. The third-order valence-corrected chi connectivity index (χ3v) is 7.15. The molecule has 0 aliphatic heterocycles. The molecule has 1 fully saturated rings. The lowest BCUT2D eigenvalue weighted by atomic mass is 10.2. The number of sulfone groups is 1. The summed E-state index contributed by atoms with van der Waals surface area (Å²) in [4.78, 5) is 6.53. The first-order valence-corrected chi connectivity index (χ1v) is 13.1. The fraction of sp³-hybridized carbons (Fsp3) is 0.545. The summed E-state index contributed by atoms with van der Waals surface area (Å²) in [6.07, 6.45) is 3.87. The van der Waals surface area contributed by atoms with E-state index in [0.29, 0.717) is 34.8 Å². The van der Waals surface area contributed by atoms with Gasteiger partial charge in [-0.2, -0.15) is 0 Å². The molecule has 170 valence electrons. The number of benzene rings is 1. The number of hydrogen-bond donors (Lipinski definition) is 1. The van der Waals surface area contributed by atoms with Crippen molar-refractivity contribution in [3.05, 3.63) is 46.7 Å². The Balaban J connectivity index is 1.91. The van der Waals surface area contributed by atoms with Crippen LogP contribution in [0.25, 0.3) is 0 Å². The molecule has 1 heterocycles. The number of aromatic nitrogens is 2. The fourth-order valence-electron chi connectivity index (χ4n) is 3.49. The van der Waals surface area contributed by atoms with Gasteiger partial charge in [0.2, 0.25) is 15.0 Å². The van der Waals surface area contributed by atoms with Crippen molar-refractivity contribution in [2.75, 3.05) is 0 Å². The van der Waals surface area contributed by atoms with E-state index >= 15 is 0 Å². The SMILES string of the molecule is CC(C)Cn1c(CN(C(=S)NC(C)C)C2CC2)cnc1S(=O)(=O)Cc1cccc(Cl)c1. The van der Waals surface area contributed by atoms with Gasteiger partial charge in [-0.3, -0.25) is 0 Å². The maximum Gasteiger partial charge on any atom is 0.228 e. The summed E-state index contributed by atoms with van der Waals surface area (Å²) in [6, 6.07) is 7.58. The first-order chi connectivity index (χ1) is 14.6. The molecule has 1 aliphatic rings. The second-order valence-electron chi connectivity index (χ2n) is 8.89. The van der Waals surface area contributed by atoms with E-state index in [1.807, 2.05) is 4.57 Å². The number of nitrogens with one attached hydrogen (secondary N) is 1. The second kappa shape index (κ2) is 9.88. The summed E-state index contributed by atoms with van der Waals surface area (Å²) in [6.45, 7) is 9.36. The highest BCUT2D eigenvalue weighted by Gasteiger charge is 2.33. The largest absolute Gasteiger partial charge is 0.360 e. The summed E-state index contributed by atoms with van der Waals surface area (Å²) in [5, 5.41) is 4.65. The topological polar surface area (TPSA) is 67.2 Å². The molecule has 1 aliphatic carbocycles. The van der Waals surface area contributed by atoms with Crippen LogP contribution in [0.2, 0.25) is 5.02 Å². The van der Waals surface area contributed by atoms with Crippen LogP contribution >= 0.6 is 23.8 Å². The molecule has 0 radical (unpaired) electrons. The lowest BCUT2D eigenvalue weighted by molar-refractivity contribution is 0.367. The average molecular weight is 483 g/mol. The van der Waals surface area contributed by atoms with Gasteiger partial charge in [0.05, 0.1) is 24.2 Å². The van der Waals surface area contributed by atoms with Crippen LogP contribution in [0.5, 0.6) is 0 Å². The van der Waals surface area contributed by atoms with E-state index in [4.69, 9.17) is 23.8 Å². The first kappa shape index (κ1) is 24.0. The molecule has 2 aromatic rings. The molecule has 6 nitrogen and oxygen atoms in total. The molecule has 3 rings (SSSR count). The summed E-state index contributed by atoms with van der Waals surface area (Å²) in [7, 11) is -3.64. The standard InChI is InChI=1S/C22H31ClN4O2S2/c1-15(2)12-27-20(13-26(19-8-9-19)21(30)25-16(3)4)11-24-22(27)31(28,29)14-17-6-5-7-18(23)10-17/h5-7,10-11,15-16,19H,8-9,12-14H2,1-4H3,(H,25,30). The first-order valence-electron chi connectivity index (χ1n) is 10.7. The van der Waals surface area contributed by atoms with Crippen LogP contribution < -0.4 is 5.32 Å². The Hall–Kier alpha value is -1.64. The maximum absolute atomic E-state index is 13.3. The lowest BCUT2D eigenvalue weighted by Gasteiger charge is -2.28. The Morgan fingerprint density at radius 3 is 2.61 bits per heavy atom. The van der Waals surface area contributed by atoms with Crippen molar-refractivity contribution in [1.29, 1.82) is 0 Å². The highest BCUT2D eigenvalue weighted by molar-refractivity contribution is 7.90. The van der Waals surface area contributed by atoms with Gasteiger partial charge in [-0.05, 0) is 62.5 Å². The molecule has 0 amide bonds. The van der Waals surface area contributed by atoms with Gasteiger partial charge in [-0.1, -0.05) is 37.6 Å². The van der Waals surface area contributed by atoms with E-state index in [-0.39, 0.29) is 22.9 Å². The highest BCUT2D eigenvalue weighted by Crippen LogP contribution is 2.29. The number of halogens is 1. The quantitative estimate of drug-likeness (QED) is 0.534. The smallest absolute Gasteiger partial charge is 0.228 e. The molecule has 0 saturated heterocycles. The molecule has 0 atom stereocenters. The molecule has 1 N–H and O–H groups in total. The van der Waals surface area contributed by atoms with Gasteiger partial charge in [0.1, 0.15) is 0 Å². The fourth-order valence-corrected chi connectivity index (χ4v) is 5.65. The van der Waals surface area contributed by atoms with Crippen LogP contribution in [-0.2, 0) is 28.7 Å². The second-order valence-corrected chi connectivity index (χ2v) is 11.6. The van der Waals surface area contributed by atoms with Crippen molar-refractivity contribution in [2.45, 2.75) is 76.6 Å². The Morgan fingerprint density at radius 1 is 1.32 bits per heavy atom. The molecular weight excluding hydrogens is 452 g/mol. The van der Waals surface area contributed by atoms with Crippen LogP contribution in [0.1, 0.15) is 51.8 Å². The molecule has 1 aromatic heterocycles. The van der Waals surface area contributed by atoms with E-state index in [0.717, 1.165) is 18.5 Å². The summed E-state index contributed by atoms with van der Waals surface area (Å²) >= 11 is 11.7. The molecule has 0 spiro atoms. The van der Waals surface area contributed by atoms with E-state index in [1.165, 1.54) is 0 Å². The number of hydrogen-bond acceptors (Lipinski definition) is 4. The molecular formula is C22H31ClN4O2S2. The van der Waals surface area contributed by atoms with Crippen LogP contribution in [-0.4, -0.2) is 40.1 Å². The third-order valence-electron chi connectivity index (χ3n) is 4.97. The van der Waals surface area contributed by atoms with Crippen molar-refractivity contribution >= 4 is 38.8 Å². The van der Waals surface area contributed by atoms with Crippen molar-refractivity contribution < 1.29 is 8.42 Å². The minimum absolute atomic E-state index is 0.106. The molecule has 31 heavy (non-hydrogen) atoms. The van der Waals surface area contributed by atoms with E-state index in [1.54, 1.807) is 30.5 Å². The minimum atomic E-state index is -3.64. The Kier molecular flexibility index (Phi) is 7.65. The third kappa shape index (κ3) is 6.43. The van der Waals surface area contributed by atoms with Crippen molar-refractivity contribution in [1.82, 2.24) is 19.8 Å². The van der Waals surface area contributed by atoms with Gasteiger partial charge in [-0.25, -0.2) is 13.4 Å². The van der Waals surface area contributed by atoms with Crippen LogP contribution in [0.3, 0.4) is 0 Å². The van der Waals surface area contributed by atoms with E-state index < -0.39 is 9.84 Å². The lowest BCUT2D eigenvalue weighted by Crippen LogP contribution is -2.43. The minimum Gasteiger partial charge on any atom is -0.360 e. The van der Waals surface area contributed by atoms with Gasteiger partial charge in [0.15, 0.2) is 5.11 Å². The van der Waals surface area contributed by atoms with Gasteiger partial charge in [-0.15, -0.1) is 0 Å². The summed E-state index contributed by atoms with van der Waals surface area (Å²) < 4.78 is 28.4. The Bertz CT molecular complexity index is 1030. The summed E-state index contributed by atoms with van der Waals surface area (Å²) in [5.41, 5.74) is 1.51. The van der Waals surface area contributed by atoms with Gasteiger partial charge >= 0.3 is 0 Å². The zero-order valence-corrected chi connectivity index (χ0v) is 20.9. The zero-order valence-electron chi connectivity index (χ0n) is 18.5. The molecule has 0 bridgehead atoms. The van der Waals surface area contributed by atoms with Crippen molar-refractivity contribution in [3.8, 4) is 0 Å². The number of rotatable bonds is 9. The monoisotopic (exact) mass is 482 g/mol. The molecule has 1 aromatic carbocycles. The number of nitrogens with zero attached hydrogens (tertiary/aromatic N) is 3. The normalized spacial score (nSPS) is 14.3. The van der Waals surface area contributed by atoms with Crippen molar-refractivity contribution in [2.24, 2.45) is 5.92 Å². The number of imidazole rings is 1. The molecule has 0 unspecified atom stereocenters. The predicted molar refractivity (Wildman–Crippen MR) is 129 cm³/mol. The summed E-state index contributed by atoms with van der Waals surface area (Å²) in [5.74, 6) is 0.130. The molecule has 1 saturated carbocycles. The van der Waals surface area contributed by atoms with Gasteiger partial charge in [0.25, 0.3) is 0 Å². The van der Waals surface area contributed by atoms with Crippen molar-refractivity contribution in [3.63, 3.8) is 0 Å². The number of thiocarbonyl (C=S) groups is 1. The van der Waals surface area contributed by atoms with E-state index in [9.17, 15) is 8.42 Å². The van der Waals surface area contributed by atoms with Crippen LogP contribution in [0, 0.1) is 5.92 Å². The predicted octanol–water partition coefficient (Wildman–Crippen LogP) is 4.41. The van der Waals surface area contributed by atoms with Gasteiger partial charge < -0.3 is 14.8 Å².